The summed E-state index contributed by atoms with van der Waals surface area (Å²) in [7, 11) is 0. The van der Waals surface area contributed by atoms with Gasteiger partial charge in [0, 0.05) is 6.07 Å². The number of carbonyl (C=O) groups excluding carboxylic acids is 2. The molecule has 1 aromatic rings. The predicted molar refractivity (Wildman–Crippen MR) is 60.3 cm³/mol. The van der Waals surface area contributed by atoms with Crippen molar-refractivity contribution in [3.8, 4) is 17.5 Å². The van der Waals surface area contributed by atoms with Crippen molar-refractivity contribution >= 4 is 12.0 Å². The number of nitrogens with one attached hydrogen (secondary N) is 1. The summed E-state index contributed by atoms with van der Waals surface area (Å²) >= 11 is 0. The zero-order valence-electron chi connectivity index (χ0n) is 9.67. The predicted octanol–water partition coefficient (Wildman–Crippen LogP) is -0.240. The van der Waals surface area contributed by atoms with Gasteiger partial charge in [-0.3, -0.25) is 10.1 Å². The standard InChI is InChI=1S/C10H13N3O5/c1-2-17-8-4-3-6(14)9(13-8)18-10(16)12-7(15)5-11/h3-4,14H,2,5,11H2,1H3,(H,12,15,16). The molecule has 0 aliphatic heterocycles. The van der Waals surface area contributed by atoms with Gasteiger partial charge in [-0.25, -0.2) is 4.79 Å². The Morgan fingerprint density at radius 3 is 2.83 bits per heavy atom. The van der Waals surface area contributed by atoms with Gasteiger partial charge in [-0.15, -0.1) is 0 Å². The summed E-state index contributed by atoms with van der Waals surface area (Å²) < 4.78 is 9.70. The molecule has 0 unspecified atom stereocenters. The summed E-state index contributed by atoms with van der Waals surface area (Å²) in [5, 5.41) is 11.3. The lowest BCUT2D eigenvalue weighted by atomic mass is 10.4. The Bertz CT molecular complexity index is 449. The minimum atomic E-state index is -1.08. The molecule has 0 bridgehead atoms. The Morgan fingerprint density at radius 2 is 2.22 bits per heavy atom. The van der Waals surface area contributed by atoms with Crippen LogP contribution in [0.15, 0.2) is 12.1 Å². The molecule has 1 rings (SSSR count). The Morgan fingerprint density at radius 1 is 1.50 bits per heavy atom. The van der Waals surface area contributed by atoms with Gasteiger partial charge in [0.05, 0.1) is 13.2 Å². The highest BCUT2D eigenvalue weighted by Gasteiger charge is 2.13. The monoisotopic (exact) mass is 255 g/mol. The first-order valence-electron chi connectivity index (χ1n) is 5.11. The number of rotatable bonds is 4. The molecule has 0 aliphatic carbocycles. The smallest absolute Gasteiger partial charge is 0.420 e. The lowest BCUT2D eigenvalue weighted by Gasteiger charge is -2.07. The highest BCUT2D eigenvalue weighted by molar-refractivity contribution is 5.93. The van der Waals surface area contributed by atoms with Gasteiger partial charge in [-0.1, -0.05) is 0 Å². The number of aromatic nitrogens is 1. The molecule has 0 spiro atoms. The van der Waals surface area contributed by atoms with Gasteiger partial charge in [0.2, 0.25) is 11.8 Å². The van der Waals surface area contributed by atoms with Crippen molar-refractivity contribution in [3.63, 3.8) is 0 Å². The van der Waals surface area contributed by atoms with Crippen LogP contribution in [0.4, 0.5) is 4.79 Å². The van der Waals surface area contributed by atoms with Crippen LogP contribution in [0.5, 0.6) is 17.5 Å². The number of hydrogen-bond acceptors (Lipinski definition) is 7. The van der Waals surface area contributed by atoms with E-state index < -0.39 is 12.0 Å². The van der Waals surface area contributed by atoms with E-state index in [0.29, 0.717) is 6.61 Å². The largest absolute Gasteiger partial charge is 0.503 e. The summed E-state index contributed by atoms with van der Waals surface area (Å²) in [6, 6.07) is 2.67. The van der Waals surface area contributed by atoms with Gasteiger partial charge in [-0.05, 0) is 13.0 Å². The van der Waals surface area contributed by atoms with Crippen LogP contribution in [-0.4, -0.2) is 35.2 Å². The van der Waals surface area contributed by atoms with Crippen molar-refractivity contribution in [3.05, 3.63) is 12.1 Å². The van der Waals surface area contributed by atoms with Gasteiger partial charge in [0.15, 0.2) is 5.75 Å². The number of aromatic hydroxyl groups is 1. The van der Waals surface area contributed by atoms with E-state index in [1.54, 1.807) is 6.92 Å². The molecule has 0 radical (unpaired) electrons. The molecular formula is C10H13N3O5. The van der Waals surface area contributed by atoms with E-state index in [2.05, 4.69) is 9.72 Å². The van der Waals surface area contributed by atoms with Gasteiger partial charge in [-0.2, -0.15) is 4.98 Å². The van der Waals surface area contributed by atoms with Crippen LogP contribution >= 0.6 is 0 Å². The van der Waals surface area contributed by atoms with Crippen LogP contribution in [0.1, 0.15) is 6.92 Å². The van der Waals surface area contributed by atoms with Crippen molar-refractivity contribution in [1.29, 1.82) is 0 Å². The molecule has 2 amide bonds. The third-order valence-electron chi connectivity index (χ3n) is 1.72. The van der Waals surface area contributed by atoms with Crippen molar-refractivity contribution in [2.45, 2.75) is 6.92 Å². The highest BCUT2D eigenvalue weighted by Crippen LogP contribution is 2.25. The molecular weight excluding hydrogens is 242 g/mol. The fraction of sp³-hybridized carbons (Fsp3) is 0.300. The molecule has 1 heterocycles. The summed E-state index contributed by atoms with van der Waals surface area (Å²) in [5.74, 6) is -1.24. The van der Waals surface area contributed by atoms with Gasteiger partial charge >= 0.3 is 6.09 Å². The first-order chi connectivity index (χ1) is 8.56. The second kappa shape index (κ2) is 6.40. The highest BCUT2D eigenvalue weighted by atomic mass is 16.6. The number of hydrogen-bond donors (Lipinski definition) is 3. The third-order valence-corrected chi connectivity index (χ3v) is 1.72. The fourth-order valence-corrected chi connectivity index (χ4v) is 0.998. The minimum absolute atomic E-state index is 0.184. The maximum Gasteiger partial charge on any atom is 0.420 e. The number of amides is 2. The number of ether oxygens (including phenoxy) is 2. The average Bonchev–Trinajstić information content (AvgIpc) is 2.33. The summed E-state index contributed by atoms with van der Waals surface area (Å²) in [6.07, 6.45) is -1.08. The zero-order valence-corrected chi connectivity index (χ0v) is 9.67. The second-order valence-corrected chi connectivity index (χ2v) is 3.05. The van der Waals surface area contributed by atoms with E-state index in [4.69, 9.17) is 10.5 Å². The van der Waals surface area contributed by atoms with E-state index in [9.17, 15) is 14.7 Å². The van der Waals surface area contributed by atoms with Crippen LogP contribution in [0, 0.1) is 0 Å². The number of pyridine rings is 1. The van der Waals surface area contributed by atoms with E-state index in [1.165, 1.54) is 12.1 Å². The topological polar surface area (TPSA) is 124 Å². The molecule has 0 fully saturated rings. The van der Waals surface area contributed by atoms with E-state index in [-0.39, 0.29) is 24.1 Å². The average molecular weight is 255 g/mol. The van der Waals surface area contributed by atoms with Crippen molar-refractivity contribution in [2.75, 3.05) is 13.2 Å². The van der Waals surface area contributed by atoms with Gasteiger partial charge in [0.25, 0.3) is 5.88 Å². The molecule has 18 heavy (non-hydrogen) atoms. The first kappa shape index (κ1) is 13.7. The van der Waals surface area contributed by atoms with Gasteiger partial charge in [0.1, 0.15) is 0 Å². The number of nitrogens with zero attached hydrogens (tertiary/aromatic N) is 1. The lowest BCUT2D eigenvalue weighted by Crippen LogP contribution is -2.37. The van der Waals surface area contributed by atoms with E-state index in [0.717, 1.165) is 0 Å². The lowest BCUT2D eigenvalue weighted by molar-refractivity contribution is -0.118. The summed E-state index contributed by atoms with van der Waals surface area (Å²) in [4.78, 5) is 25.8. The van der Waals surface area contributed by atoms with Crippen molar-refractivity contribution < 1.29 is 24.2 Å². The first-order valence-corrected chi connectivity index (χ1v) is 5.11. The number of carbonyl (C=O) groups is 2. The molecule has 8 heteroatoms. The molecule has 4 N–H and O–H groups in total. The Labute approximate surface area is 103 Å². The fourth-order valence-electron chi connectivity index (χ4n) is 0.998. The maximum absolute atomic E-state index is 11.2. The molecule has 0 saturated carbocycles. The van der Waals surface area contributed by atoms with E-state index >= 15 is 0 Å². The second-order valence-electron chi connectivity index (χ2n) is 3.05. The Balaban J connectivity index is 2.73. The number of imide groups is 1. The third kappa shape index (κ3) is 3.91. The molecule has 98 valence electrons. The zero-order chi connectivity index (χ0) is 13.5. The summed E-state index contributed by atoms with van der Waals surface area (Å²) in [6.45, 7) is 1.77. The minimum Gasteiger partial charge on any atom is -0.503 e. The van der Waals surface area contributed by atoms with Gasteiger partial charge < -0.3 is 20.3 Å². The molecule has 0 atom stereocenters. The Hall–Kier alpha value is -2.35. The van der Waals surface area contributed by atoms with Crippen molar-refractivity contribution in [1.82, 2.24) is 10.3 Å². The molecule has 1 aromatic heterocycles. The van der Waals surface area contributed by atoms with Crippen LogP contribution in [0.2, 0.25) is 0 Å². The normalized spacial score (nSPS) is 9.67. The molecule has 8 nitrogen and oxygen atoms in total. The van der Waals surface area contributed by atoms with E-state index in [1.807, 2.05) is 5.32 Å². The summed E-state index contributed by atoms with van der Waals surface area (Å²) in [5.41, 5.74) is 5.00. The van der Waals surface area contributed by atoms with Crippen molar-refractivity contribution in [2.24, 2.45) is 5.73 Å². The molecule has 0 saturated heterocycles. The number of nitrogens with two attached hydrogens (primary N) is 1. The van der Waals surface area contributed by atoms with Crippen LogP contribution in [-0.2, 0) is 4.79 Å². The van der Waals surface area contributed by atoms with Crippen LogP contribution in [0.3, 0.4) is 0 Å². The molecule has 0 aliphatic rings. The SMILES string of the molecule is CCOc1ccc(O)c(OC(=O)NC(=O)CN)n1. The quantitative estimate of drug-likeness (QED) is 0.678. The Kier molecular flexibility index (Phi) is 4.88. The van der Waals surface area contributed by atoms with Crippen LogP contribution in [0.25, 0.3) is 0 Å². The van der Waals surface area contributed by atoms with Crippen LogP contribution < -0.4 is 20.5 Å². The maximum atomic E-state index is 11.2. The molecule has 0 aromatic carbocycles.